The maximum Gasteiger partial charge on any atom is 0.326 e. The Morgan fingerprint density at radius 1 is 1.19 bits per heavy atom. The molecule has 1 heterocycles. The summed E-state index contributed by atoms with van der Waals surface area (Å²) in [4.78, 5) is 24.5. The van der Waals surface area contributed by atoms with Crippen molar-refractivity contribution >= 4 is 12.0 Å². The number of benzene rings is 1. The van der Waals surface area contributed by atoms with Crippen LogP contribution in [0, 0.1) is 0 Å². The summed E-state index contributed by atoms with van der Waals surface area (Å²) in [5, 5.41) is 21.5. The van der Waals surface area contributed by atoms with E-state index in [1.54, 1.807) is 0 Å². The zero-order valence-electron chi connectivity index (χ0n) is 11.5. The first-order chi connectivity index (χ1) is 10.1. The van der Waals surface area contributed by atoms with E-state index in [2.05, 4.69) is 5.32 Å². The lowest BCUT2D eigenvalue weighted by molar-refractivity contribution is -0.141. The molecule has 1 aliphatic carbocycles. The summed E-state index contributed by atoms with van der Waals surface area (Å²) in [5.41, 5.74) is 1.18. The van der Waals surface area contributed by atoms with Gasteiger partial charge in [0.15, 0.2) is 0 Å². The minimum atomic E-state index is -1.07. The average molecular weight is 290 g/mol. The maximum atomic E-state index is 12.2. The van der Waals surface area contributed by atoms with E-state index in [-0.39, 0.29) is 19.0 Å². The van der Waals surface area contributed by atoms with Gasteiger partial charge in [-0.05, 0) is 12.0 Å². The van der Waals surface area contributed by atoms with Crippen LogP contribution in [-0.2, 0) is 4.79 Å². The SMILES string of the molecule is O=C(O)[C@H]1C[C@@H](O)CN1C(=O)NC1CC1c1ccccc1. The van der Waals surface area contributed by atoms with E-state index < -0.39 is 24.1 Å². The molecule has 1 saturated carbocycles. The standard InChI is InChI=1S/C15H18N2O4/c18-10-6-13(14(19)20)17(8-10)15(21)16-12-7-11(12)9-4-2-1-3-5-9/h1-5,10-13,18H,6-8H2,(H,16,21)(H,19,20)/t10-,11?,12?,13-/m1/s1. The third kappa shape index (κ3) is 2.85. The summed E-state index contributed by atoms with van der Waals surface area (Å²) in [6, 6.07) is 8.63. The van der Waals surface area contributed by atoms with Gasteiger partial charge in [0, 0.05) is 24.9 Å². The van der Waals surface area contributed by atoms with Gasteiger partial charge in [-0.2, -0.15) is 0 Å². The first-order valence-electron chi connectivity index (χ1n) is 7.09. The van der Waals surface area contributed by atoms with Gasteiger partial charge in [0.2, 0.25) is 0 Å². The summed E-state index contributed by atoms with van der Waals surface area (Å²) < 4.78 is 0. The quantitative estimate of drug-likeness (QED) is 0.767. The lowest BCUT2D eigenvalue weighted by Crippen LogP contribution is -2.47. The Kier molecular flexibility index (Phi) is 3.55. The van der Waals surface area contributed by atoms with Crippen LogP contribution in [0.5, 0.6) is 0 Å². The van der Waals surface area contributed by atoms with Crippen LogP contribution in [0.1, 0.15) is 24.3 Å². The Labute approximate surface area is 122 Å². The lowest BCUT2D eigenvalue weighted by atomic mass is 10.1. The molecule has 3 N–H and O–H groups in total. The van der Waals surface area contributed by atoms with E-state index >= 15 is 0 Å². The second kappa shape index (κ2) is 5.37. The minimum Gasteiger partial charge on any atom is -0.480 e. The van der Waals surface area contributed by atoms with E-state index in [0.29, 0.717) is 5.92 Å². The van der Waals surface area contributed by atoms with Gasteiger partial charge in [0.1, 0.15) is 6.04 Å². The highest BCUT2D eigenvalue weighted by molar-refractivity contribution is 5.83. The van der Waals surface area contributed by atoms with Gasteiger partial charge in [0.05, 0.1) is 6.10 Å². The molecule has 1 aromatic rings. The fraction of sp³-hybridized carbons (Fsp3) is 0.467. The normalized spacial score (nSPS) is 31.0. The molecule has 2 aliphatic rings. The molecule has 1 saturated heterocycles. The number of β-amino-alcohol motifs (C(OH)–C–C–N with tert-alkyl or cyclic N) is 1. The van der Waals surface area contributed by atoms with Crippen LogP contribution in [-0.4, -0.2) is 51.8 Å². The molecule has 6 nitrogen and oxygen atoms in total. The third-order valence-electron chi connectivity index (χ3n) is 4.15. The highest BCUT2D eigenvalue weighted by Crippen LogP contribution is 2.40. The number of aliphatic carboxylic acids is 1. The van der Waals surface area contributed by atoms with Gasteiger partial charge >= 0.3 is 12.0 Å². The van der Waals surface area contributed by atoms with Gasteiger partial charge in [-0.25, -0.2) is 9.59 Å². The number of amides is 2. The molecule has 1 aliphatic heterocycles. The molecule has 0 radical (unpaired) electrons. The van der Waals surface area contributed by atoms with E-state index in [1.807, 2.05) is 30.3 Å². The zero-order chi connectivity index (χ0) is 15.0. The van der Waals surface area contributed by atoms with Crippen molar-refractivity contribution in [2.45, 2.75) is 36.9 Å². The monoisotopic (exact) mass is 290 g/mol. The van der Waals surface area contributed by atoms with Crippen LogP contribution in [0.25, 0.3) is 0 Å². The first-order valence-corrected chi connectivity index (χ1v) is 7.09. The van der Waals surface area contributed by atoms with Crippen molar-refractivity contribution in [1.82, 2.24) is 10.2 Å². The van der Waals surface area contributed by atoms with Crippen LogP contribution < -0.4 is 5.32 Å². The molecule has 2 amide bonds. The number of likely N-dealkylation sites (tertiary alicyclic amines) is 1. The van der Waals surface area contributed by atoms with Gasteiger partial charge in [-0.3, -0.25) is 0 Å². The Hall–Kier alpha value is -2.08. The molecule has 0 aromatic heterocycles. The summed E-state index contributed by atoms with van der Waals surface area (Å²) in [6.07, 6.45) is 0.195. The van der Waals surface area contributed by atoms with Crippen LogP contribution in [0.3, 0.4) is 0 Å². The molecule has 6 heteroatoms. The molecule has 3 rings (SSSR count). The topological polar surface area (TPSA) is 89.9 Å². The number of rotatable bonds is 3. The van der Waals surface area contributed by atoms with Crippen molar-refractivity contribution in [3.8, 4) is 0 Å². The van der Waals surface area contributed by atoms with E-state index in [1.165, 1.54) is 10.5 Å². The van der Waals surface area contributed by atoms with Crippen molar-refractivity contribution < 1.29 is 19.8 Å². The Bertz CT molecular complexity index is 548. The third-order valence-corrected chi connectivity index (χ3v) is 4.15. The highest BCUT2D eigenvalue weighted by Gasteiger charge is 2.44. The van der Waals surface area contributed by atoms with Crippen molar-refractivity contribution in [2.75, 3.05) is 6.54 Å². The smallest absolute Gasteiger partial charge is 0.326 e. The summed E-state index contributed by atoms with van der Waals surface area (Å²) in [7, 11) is 0. The fourth-order valence-corrected chi connectivity index (χ4v) is 2.94. The molecule has 2 unspecified atom stereocenters. The second-order valence-corrected chi connectivity index (χ2v) is 5.70. The number of hydrogen-bond acceptors (Lipinski definition) is 3. The van der Waals surface area contributed by atoms with E-state index in [4.69, 9.17) is 5.11 Å². The van der Waals surface area contributed by atoms with Crippen LogP contribution >= 0.6 is 0 Å². The molecular weight excluding hydrogens is 272 g/mol. The summed E-state index contributed by atoms with van der Waals surface area (Å²) >= 11 is 0. The molecule has 0 spiro atoms. The Balaban J connectivity index is 1.59. The number of carboxylic acid groups (broad SMARTS) is 1. The van der Waals surface area contributed by atoms with Gasteiger partial charge < -0.3 is 20.4 Å². The number of aliphatic hydroxyl groups is 1. The van der Waals surface area contributed by atoms with Crippen LogP contribution in [0.15, 0.2) is 30.3 Å². The van der Waals surface area contributed by atoms with Crippen molar-refractivity contribution in [3.05, 3.63) is 35.9 Å². The highest BCUT2D eigenvalue weighted by atomic mass is 16.4. The molecule has 0 bridgehead atoms. The zero-order valence-corrected chi connectivity index (χ0v) is 11.5. The van der Waals surface area contributed by atoms with Crippen molar-refractivity contribution in [3.63, 3.8) is 0 Å². The van der Waals surface area contributed by atoms with Gasteiger partial charge in [0.25, 0.3) is 0 Å². The number of aliphatic hydroxyl groups excluding tert-OH is 1. The molecular formula is C15H18N2O4. The predicted molar refractivity (Wildman–Crippen MR) is 74.9 cm³/mol. The van der Waals surface area contributed by atoms with Crippen molar-refractivity contribution in [2.24, 2.45) is 0 Å². The van der Waals surface area contributed by atoms with Crippen molar-refractivity contribution in [1.29, 1.82) is 0 Å². The Morgan fingerprint density at radius 2 is 1.90 bits per heavy atom. The number of urea groups is 1. The number of carboxylic acids is 1. The van der Waals surface area contributed by atoms with Gasteiger partial charge in [-0.15, -0.1) is 0 Å². The summed E-state index contributed by atoms with van der Waals surface area (Å²) in [5.74, 6) is -0.775. The number of carbonyl (C=O) groups is 2. The van der Waals surface area contributed by atoms with E-state index in [9.17, 15) is 14.7 Å². The molecule has 21 heavy (non-hydrogen) atoms. The molecule has 4 atom stereocenters. The number of nitrogens with one attached hydrogen (secondary N) is 1. The molecule has 112 valence electrons. The fourth-order valence-electron chi connectivity index (χ4n) is 2.94. The minimum absolute atomic E-state index is 0.0482. The second-order valence-electron chi connectivity index (χ2n) is 5.70. The number of hydrogen-bond donors (Lipinski definition) is 3. The Morgan fingerprint density at radius 3 is 2.57 bits per heavy atom. The number of nitrogens with zero attached hydrogens (tertiary/aromatic N) is 1. The maximum absolute atomic E-state index is 12.2. The van der Waals surface area contributed by atoms with Gasteiger partial charge in [-0.1, -0.05) is 30.3 Å². The molecule has 1 aromatic carbocycles. The largest absolute Gasteiger partial charge is 0.480 e. The summed E-state index contributed by atoms with van der Waals surface area (Å²) in [6.45, 7) is 0.0749. The van der Waals surface area contributed by atoms with E-state index in [0.717, 1.165) is 6.42 Å². The number of carbonyl (C=O) groups excluding carboxylic acids is 1. The lowest BCUT2D eigenvalue weighted by Gasteiger charge is -2.21. The average Bonchev–Trinajstić information content (AvgIpc) is 3.11. The molecule has 2 fully saturated rings. The van der Waals surface area contributed by atoms with Crippen LogP contribution in [0.2, 0.25) is 0 Å². The van der Waals surface area contributed by atoms with Crippen LogP contribution in [0.4, 0.5) is 4.79 Å². The first kappa shape index (κ1) is 13.9. The predicted octanol–water partition coefficient (Wildman–Crippen LogP) is 0.772.